The molecule has 0 unspecified atom stereocenters. The molecule has 0 radical (unpaired) electrons. The van der Waals surface area contributed by atoms with Gasteiger partial charge in [0.2, 0.25) is 0 Å². The Bertz CT molecular complexity index is 782. The Morgan fingerprint density at radius 3 is 1.78 bits per heavy atom. The smallest absolute Gasteiger partial charge is 0.129 e. The highest BCUT2D eigenvalue weighted by Crippen LogP contribution is 2.44. The van der Waals surface area contributed by atoms with Crippen LogP contribution < -0.4 is 9.47 Å². The molecule has 3 aromatic rings. The van der Waals surface area contributed by atoms with Crippen molar-refractivity contribution in [1.82, 2.24) is 4.57 Å². The van der Waals surface area contributed by atoms with Gasteiger partial charge in [0.25, 0.3) is 0 Å². The van der Waals surface area contributed by atoms with Crippen LogP contribution in [0.3, 0.4) is 0 Å². The summed E-state index contributed by atoms with van der Waals surface area (Å²) >= 11 is 0. The molecule has 0 atom stereocenters. The predicted molar refractivity (Wildman–Crippen MR) is 94.7 cm³/mol. The van der Waals surface area contributed by atoms with E-state index in [-0.39, 0.29) is 0 Å². The van der Waals surface area contributed by atoms with E-state index in [9.17, 15) is 0 Å². The zero-order chi connectivity index (χ0) is 15.8. The summed E-state index contributed by atoms with van der Waals surface area (Å²) in [5.74, 6) is 1.85. The molecule has 1 fully saturated rings. The Morgan fingerprint density at radius 1 is 0.783 bits per heavy atom. The Labute approximate surface area is 136 Å². The molecule has 1 aromatic heterocycles. The van der Waals surface area contributed by atoms with Crippen molar-refractivity contribution in [3.8, 4) is 11.5 Å². The maximum atomic E-state index is 5.67. The Balaban J connectivity index is 2.11. The van der Waals surface area contributed by atoms with Gasteiger partial charge >= 0.3 is 0 Å². The molecule has 0 bridgehead atoms. The maximum Gasteiger partial charge on any atom is 0.129 e. The third-order valence-electron chi connectivity index (χ3n) is 5.16. The van der Waals surface area contributed by atoms with Crippen LogP contribution in [0.2, 0.25) is 0 Å². The number of ether oxygens (including phenoxy) is 2. The van der Waals surface area contributed by atoms with Gasteiger partial charge in [0.1, 0.15) is 11.5 Å². The molecule has 1 heterocycles. The lowest BCUT2D eigenvalue weighted by Crippen LogP contribution is -2.12. The SMILES string of the molecule is COc1cccc2c1c1c(OC)cccc1n2C1CCCCC1. The predicted octanol–water partition coefficient (Wildman–Crippen LogP) is 5.32. The zero-order valence-corrected chi connectivity index (χ0v) is 13.8. The van der Waals surface area contributed by atoms with E-state index in [1.54, 1.807) is 14.2 Å². The van der Waals surface area contributed by atoms with Gasteiger partial charge in [0, 0.05) is 6.04 Å². The van der Waals surface area contributed by atoms with Gasteiger partial charge in [-0.15, -0.1) is 0 Å². The average Bonchev–Trinajstić information content (AvgIpc) is 2.96. The summed E-state index contributed by atoms with van der Waals surface area (Å²) in [7, 11) is 3.49. The topological polar surface area (TPSA) is 23.4 Å². The number of rotatable bonds is 3. The highest BCUT2D eigenvalue weighted by atomic mass is 16.5. The molecule has 3 heteroatoms. The van der Waals surface area contributed by atoms with Crippen LogP contribution in [0.1, 0.15) is 38.1 Å². The van der Waals surface area contributed by atoms with Crippen molar-refractivity contribution in [3.63, 3.8) is 0 Å². The zero-order valence-electron chi connectivity index (χ0n) is 13.8. The molecule has 23 heavy (non-hydrogen) atoms. The third-order valence-corrected chi connectivity index (χ3v) is 5.16. The minimum Gasteiger partial charge on any atom is -0.496 e. The molecule has 2 aromatic carbocycles. The third kappa shape index (κ3) is 2.18. The van der Waals surface area contributed by atoms with Crippen LogP contribution in [0.25, 0.3) is 21.8 Å². The molecule has 0 N–H and O–H groups in total. The second kappa shape index (κ2) is 5.80. The molecule has 4 rings (SSSR count). The first kappa shape index (κ1) is 14.4. The van der Waals surface area contributed by atoms with Crippen LogP contribution in [-0.4, -0.2) is 18.8 Å². The van der Waals surface area contributed by atoms with Crippen molar-refractivity contribution in [1.29, 1.82) is 0 Å². The van der Waals surface area contributed by atoms with E-state index in [1.807, 2.05) is 12.1 Å². The van der Waals surface area contributed by atoms with Crippen molar-refractivity contribution >= 4 is 21.8 Å². The number of nitrogens with zero attached hydrogens (tertiary/aromatic N) is 1. The monoisotopic (exact) mass is 309 g/mol. The van der Waals surface area contributed by atoms with Crippen molar-refractivity contribution in [2.24, 2.45) is 0 Å². The first-order chi connectivity index (χ1) is 11.3. The Hall–Kier alpha value is -2.16. The number of hydrogen-bond acceptors (Lipinski definition) is 2. The highest BCUT2D eigenvalue weighted by Gasteiger charge is 2.23. The fraction of sp³-hybridized carbons (Fsp3) is 0.400. The fourth-order valence-electron chi connectivity index (χ4n) is 4.15. The summed E-state index contributed by atoms with van der Waals surface area (Å²) < 4.78 is 13.9. The van der Waals surface area contributed by atoms with E-state index >= 15 is 0 Å². The summed E-state index contributed by atoms with van der Waals surface area (Å²) in [4.78, 5) is 0. The van der Waals surface area contributed by atoms with Crippen LogP contribution in [0.4, 0.5) is 0 Å². The molecule has 1 saturated carbocycles. The standard InChI is InChI=1S/C20H23NO2/c1-22-17-12-6-10-15-19(17)20-16(11-7-13-18(20)23-2)21(15)14-8-4-3-5-9-14/h6-7,10-14H,3-5,8-9H2,1-2H3. The van der Waals surface area contributed by atoms with Crippen molar-refractivity contribution in [2.75, 3.05) is 14.2 Å². The largest absolute Gasteiger partial charge is 0.496 e. The van der Waals surface area contributed by atoms with Crippen LogP contribution in [-0.2, 0) is 0 Å². The number of aromatic nitrogens is 1. The van der Waals surface area contributed by atoms with Crippen LogP contribution in [0.5, 0.6) is 11.5 Å². The fourth-order valence-corrected chi connectivity index (χ4v) is 4.15. The average molecular weight is 309 g/mol. The molecule has 3 nitrogen and oxygen atoms in total. The summed E-state index contributed by atoms with van der Waals surface area (Å²) in [6, 6.07) is 13.3. The van der Waals surface area contributed by atoms with Crippen LogP contribution in [0.15, 0.2) is 36.4 Å². The Kier molecular flexibility index (Phi) is 3.64. The van der Waals surface area contributed by atoms with E-state index in [4.69, 9.17) is 9.47 Å². The van der Waals surface area contributed by atoms with E-state index < -0.39 is 0 Å². The van der Waals surface area contributed by atoms with Gasteiger partial charge in [-0.2, -0.15) is 0 Å². The lowest BCUT2D eigenvalue weighted by Gasteiger charge is -2.25. The summed E-state index contributed by atoms with van der Waals surface area (Å²) in [5.41, 5.74) is 2.52. The number of hydrogen-bond donors (Lipinski definition) is 0. The van der Waals surface area contributed by atoms with Crippen molar-refractivity contribution < 1.29 is 9.47 Å². The molecular weight excluding hydrogens is 286 g/mol. The minimum atomic E-state index is 0.572. The van der Waals surface area contributed by atoms with Gasteiger partial charge < -0.3 is 14.0 Å². The lowest BCUT2D eigenvalue weighted by atomic mass is 9.95. The highest BCUT2D eigenvalue weighted by molar-refractivity contribution is 6.14. The van der Waals surface area contributed by atoms with E-state index in [1.165, 1.54) is 53.9 Å². The number of methoxy groups -OCH3 is 2. The quantitative estimate of drug-likeness (QED) is 0.654. The molecule has 1 aliphatic carbocycles. The molecular formula is C20H23NO2. The molecule has 0 saturated heterocycles. The first-order valence-electron chi connectivity index (χ1n) is 8.48. The van der Waals surface area contributed by atoms with E-state index in [2.05, 4.69) is 28.8 Å². The van der Waals surface area contributed by atoms with E-state index in [0.717, 1.165) is 11.5 Å². The van der Waals surface area contributed by atoms with Gasteiger partial charge in [-0.25, -0.2) is 0 Å². The molecule has 0 amide bonds. The second-order valence-electron chi connectivity index (χ2n) is 6.37. The molecule has 0 aliphatic heterocycles. The maximum absolute atomic E-state index is 5.67. The summed E-state index contributed by atoms with van der Waals surface area (Å²) in [6.07, 6.45) is 6.51. The second-order valence-corrected chi connectivity index (χ2v) is 6.37. The normalized spacial score (nSPS) is 16.1. The summed E-state index contributed by atoms with van der Waals surface area (Å²) in [5, 5.41) is 2.35. The molecule has 120 valence electrons. The summed E-state index contributed by atoms with van der Waals surface area (Å²) in [6.45, 7) is 0. The van der Waals surface area contributed by atoms with Crippen molar-refractivity contribution in [3.05, 3.63) is 36.4 Å². The number of benzene rings is 2. The van der Waals surface area contributed by atoms with Crippen LogP contribution in [0, 0.1) is 0 Å². The number of fused-ring (bicyclic) bond motifs is 3. The minimum absolute atomic E-state index is 0.572. The van der Waals surface area contributed by atoms with Gasteiger partial charge in [0.05, 0.1) is 36.0 Å². The van der Waals surface area contributed by atoms with Gasteiger partial charge in [-0.1, -0.05) is 31.4 Å². The first-order valence-corrected chi connectivity index (χ1v) is 8.48. The van der Waals surface area contributed by atoms with Crippen molar-refractivity contribution in [2.45, 2.75) is 38.1 Å². The molecule has 0 spiro atoms. The van der Waals surface area contributed by atoms with E-state index in [0.29, 0.717) is 6.04 Å². The van der Waals surface area contributed by atoms with Gasteiger partial charge in [0.15, 0.2) is 0 Å². The lowest BCUT2D eigenvalue weighted by molar-refractivity contribution is 0.367. The van der Waals surface area contributed by atoms with Gasteiger partial charge in [-0.05, 0) is 37.1 Å². The van der Waals surface area contributed by atoms with Gasteiger partial charge in [-0.3, -0.25) is 0 Å². The molecule has 1 aliphatic rings. The van der Waals surface area contributed by atoms with Crippen LogP contribution >= 0.6 is 0 Å². The Morgan fingerprint density at radius 2 is 1.30 bits per heavy atom.